The summed E-state index contributed by atoms with van der Waals surface area (Å²) in [7, 11) is -2.49. The van der Waals surface area contributed by atoms with E-state index in [2.05, 4.69) is 65.2 Å². The number of anilines is 2. The molecular formula is C52H57N17O8S2. The van der Waals surface area contributed by atoms with Crippen LogP contribution in [-0.4, -0.2) is 113 Å². The highest BCUT2D eigenvalue weighted by Crippen LogP contribution is 2.47. The lowest BCUT2D eigenvalue weighted by Gasteiger charge is -2.19. The van der Waals surface area contributed by atoms with Gasteiger partial charge in [-0.15, -0.1) is 0 Å². The van der Waals surface area contributed by atoms with Crippen LogP contribution in [0.3, 0.4) is 0 Å². The van der Waals surface area contributed by atoms with Gasteiger partial charge in [0.2, 0.25) is 21.8 Å². The number of ether oxygens (including phenoxy) is 2. The normalized spacial score (nSPS) is 16.2. The molecule has 0 radical (unpaired) electrons. The van der Waals surface area contributed by atoms with Crippen molar-refractivity contribution in [3.05, 3.63) is 105 Å². The summed E-state index contributed by atoms with van der Waals surface area (Å²) >= 11 is 0. The predicted octanol–water partition coefficient (Wildman–Crippen LogP) is 5.33. The molecule has 4 aliphatic rings. The predicted molar refractivity (Wildman–Crippen MR) is 290 cm³/mol. The summed E-state index contributed by atoms with van der Waals surface area (Å²) in [6.45, 7) is 4.41. The van der Waals surface area contributed by atoms with E-state index < -0.39 is 19.9 Å². The molecule has 0 aromatic carbocycles. The lowest BCUT2D eigenvalue weighted by Crippen LogP contribution is -2.29. The Morgan fingerprint density at radius 2 is 1.00 bits per heavy atom. The molecule has 410 valence electrons. The van der Waals surface area contributed by atoms with Crippen LogP contribution in [0.4, 0.5) is 11.6 Å². The maximum Gasteiger partial charge on any atom is 0.295 e. The van der Waals surface area contributed by atoms with E-state index in [-0.39, 0.29) is 57.7 Å². The van der Waals surface area contributed by atoms with E-state index in [1.54, 1.807) is 47.9 Å². The maximum atomic E-state index is 13.8. The van der Waals surface area contributed by atoms with Crippen LogP contribution in [0, 0.1) is 11.8 Å². The first kappa shape index (κ1) is 53.0. The van der Waals surface area contributed by atoms with Crippen molar-refractivity contribution in [3.63, 3.8) is 0 Å². The van der Waals surface area contributed by atoms with Crippen LogP contribution in [0.5, 0.6) is 11.8 Å². The second-order valence-corrected chi connectivity index (χ2v) is 24.1. The van der Waals surface area contributed by atoms with Gasteiger partial charge in [-0.2, -0.15) is 0 Å². The number of nitrogens with zero attached hydrogens (tertiary/aromatic N) is 14. The van der Waals surface area contributed by atoms with Gasteiger partial charge in [0.15, 0.2) is 44.4 Å². The Kier molecular flexibility index (Phi) is 14.3. The Balaban J connectivity index is 0.000000167. The Morgan fingerprint density at radius 3 is 1.35 bits per heavy atom. The standard InChI is InChI=1S/C26H29N9O4S.C26H28N8O4S/c1-14(15-4-5-15)35-24-19(12-30-22(34-24)20-21(16-6-7-16)31-13-32-25(20)39-3)33-23(26(35)36)29-10-17-8-9-18(11-28-17)40(37,38)27-2;1-14(15-4-5-15)34-24-19(12-29-22(33-24)20-21(16-6-7-16)30-13-31-25(20)38-2)32-23(26(34)35)28-10-17-8-9-18(11-27-17)39(3,36)37/h8-9,11-16,27H,4-7,10H2,1-3H3,(H,29,33);8-9,11-16H,4-7,10H2,1-3H3,(H,28,32)/t2*14-/m00/s1. The van der Waals surface area contributed by atoms with Crippen LogP contribution >= 0.6 is 0 Å². The van der Waals surface area contributed by atoms with Gasteiger partial charge in [-0.3, -0.25) is 28.7 Å². The van der Waals surface area contributed by atoms with Crippen molar-refractivity contribution < 1.29 is 26.3 Å². The van der Waals surface area contributed by atoms with Crippen LogP contribution in [0.15, 0.2) is 81.1 Å². The number of hydrogen-bond acceptors (Lipinski definition) is 22. The third-order valence-electron chi connectivity index (χ3n) is 14.6. The first-order valence-electron chi connectivity index (χ1n) is 25.9. The van der Waals surface area contributed by atoms with Gasteiger partial charge in [-0.25, -0.2) is 71.4 Å². The Bertz CT molecular complexity index is 4000. The third-order valence-corrected chi connectivity index (χ3v) is 17.1. The van der Waals surface area contributed by atoms with Crippen molar-refractivity contribution in [2.75, 3.05) is 38.2 Å². The summed E-state index contributed by atoms with van der Waals surface area (Å²) in [5.74, 6) is 3.25. The van der Waals surface area contributed by atoms with Gasteiger partial charge in [0.1, 0.15) is 39.7 Å². The van der Waals surface area contributed by atoms with Gasteiger partial charge in [0.05, 0.1) is 67.4 Å². The second kappa shape index (κ2) is 21.3. The highest BCUT2D eigenvalue weighted by Gasteiger charge is 2.36. The zero-order chi connectivity index (χ0) is 55.3. The lowest BCUT2D eigenvalue weighted by atomic mass is 10.1. The van der Waals surface area contributed by atoms with Crippen molar-refractivity contribution in [1.82, 2.24) is 73.7 Å². The second-order valence-electron chi connectivity index (χ2n) is 20.2. The number of nitrogens with one attached hydrogen (secondary N) is 3. The van der Waals surface area contributed by atoms with Gasteiger partial charge in [0.25, 0.3) is 11.1 Å². The summed E-state index contributed by atoms with van der Waals surface area (Å²) in [5, 5.41) is 6.16. The van der Waals surface area contributed by atoms with Crippen LogP contribution in [0.25, 0.3) is 45.1 Å². The van der Waals surface area contributed by atoms with Gasteiger partial charge in [-0.1, -0.05) is 0 Å². The number of sulfone groups is 1. The minimum absolute atomic E-state index is 0.0569. The highest BCUT2D eigenvalue weighted by atomic mass is 32.2. The molecule has 12 rings (SSSR count). The van der Waals surface area contributed by atoms with E-state index in [0.29, 0.717) is 91.9 Å². The molecule has 25 nitrogen and oxygen atoms in total. The molecule has 3 N–H and O–H groups in total. The van der Waals surface area contributed by atoms with Gasteiger partial charge >= 0.3 is 0 Å². The van der Waals surface area contributed by atoms with Crippen molar-refractivity contribution in [1.29, 1.82) is 0 Å². The zero-order valence-corrected chi connectivity index (χ0v) is 45.8. The van der Waals surface area contributed by atoms with Gasteiger partial charge in [0, 0.05) is 42.6 Å². The molecule has 79 heavy (non-hydrogen) atoms. The SMILES string of the molecule is CNS(=O)(=O)c1ccc(CNc2nc3cnc(-c4c(OC)ncnc4C4CC4)nc3n([C@@H](C)C3CC3)c2=O)nc1.COc1ncnc(C2CC2)c1-c1ncc2nc(NCc3ccc(S(C)(=O)=O)cn3)c(=O)n([C@@H](C)C3CC3)c2n1. The van der Waals surface area contributed by atoms with Gasteiger partial charge in [-0.05, 0) is 108 Å². The molecule has 0 saturated heterocycles. The molecule has 4 fully saturated rings. The fourth-order valence-electron chi connectivity index (χ4n) is 9.51. The number of sulfonamides is 1. The Labute approximate surface area is 453 Å². The van der Waals surface area contributed by atoms with E-state index in [1.165, 1.54) is 44.2 Å². The smallest absolute Gasteiger partial charge is 0.295 e. The molecule has 0 bridgehead atoms. The van der Waals surface area contributed by atoms with Crippen LogP contribution in [0.2, 0.25) is 0 Å². The number of pyridine rings is 2. The van der Waals surface area contributed by atoms with Crippen molar-refractivity contribution in [2.45, 2.75) is 112 Å². The average Bonchev–Trinajstić information content (AvgIpc) is 4.47. The molecule has 8 heterocycles. The molecule has 0 unspecified atom stereocenters. The summed E-state index contributed by atoms with van der Waals surface area (Å²) in [5.41, 5.74) is 5.33. The van der Waals surface area contributed by atoms with Crippen LogP contribution in [-0.2, 0) is 33.0 Å². The average molecular weight is 1110 g/mol. The molecule has 4 saturated carbocycles. The Hall–Kier alpha value is -8.04. The van der Waals surface area contributed by atoms with Crippen molar-refractivity contribution in [3.8, 4) is 34.5 Å². The number of methoxy groups -OCH3 is 2. The highest BCUT2D eigenvalue weighted by molar-refractivity contribution is 7.90. The van der Waals surface area contributed by atoms with Gasteiger partial charge < -0.3 is 20.1 Å². The summed E-state index contributed by atoms with van der Waals surface area (Å²) < 4.78 is 64.1. The maximum absolute atomic E-state index is 13.8. The summed E-state index contributed by atoms with van der Waals surface area (Å²) in [4.78, 5) is 81.7. The molecule has 27 heteroatoms. The molecule has 0 amide bonds. The van der Waals surface area contributed by atoms with Crippen molar-refractivity contribution >= 4 is 53.8 Å². The summed E-state index contributed by atoms with van der Waals surface area (Å²) in [6, 6.07) is 5.97. The van der Waals surface area contributed by atoms with E-state index in [1.807, 2.05) is 13.8 Å². The van der Waals surface area contributed by atoms with E-state index >= 15 is 0 Å². The van der Waals surface area contributed by atoms with E-state index in [9.17, 15) is 26.4 Å². The fourth-order valence-corrected chi connectivity index (χ4v) is 10.7. The largest absolute Gasteiger partial charge is 0.480 e. The quantitative estimate of drug-likeness (QED) is 0.0921. The molecule has 0 spiro atoms. The monoisotopic (exact) mass is 1110 g/mol. The zero-order valence-electron chi connectivity index (χ0n) is 44.2. The number of fused-ring (bicyclic) bond motifs is 2. The lowest BCUT2D eigenvalue weighted by molar-refractivity contribution is 0.397. The molecule has 8 aromatic rings. The Morgan fingerprint density at radius 1 is 0.570 bits per heavy atom. The van der Waals surface area contributed by atoms with Crippen LogP contribution in [0.1, 0.15) is 112 Å². The van der Waals surface area contributed by atoms with E-state index in [0.717, 1.165) is 69.0 Å². The summed E-state index contributed by atoms with van der Waals surface area (Å²) in [6.07, 6.45) is 18.2. The third kappa shape index (κ3) is 11.1. The number of aromatic nitrogens is 14. The molecule has 8 aromatic heterocycles. The molecule has 2 atom stereocenters. The number of hydrogen-bond donors (Lipinski definition) is 3. The van der Waals surface area contributed by atoms with Crippen LogP contribution < -0.4 is 35.9 Å². The minimum Gasteiger partial charge on any atom is -0.480 e. The molecular weight excluding hydrogens is 1050 g/mol. The van der Waals surface area contributed by atoms with E-state index in [4.69, 9.17) is 19.4 Å². The molecule has 0 aliphatic heterocycles. The fraction of sp³-hybridized carbons (Fsp3) is 0.423. The first-order valence-corrected chi connectivity index (χ1v) is 29.3. The van der Waals surface area contributed by atoms with Crippen molar-refractivity contribution in [2.24, 2.45) is 11.8 Å². The minimum atomic E-state index is -3.59. The molecule has 4 aliphatic carbocycles. The topological polar surface area (TPSA) is 322 Å². The first-order chi connectivity index (χ1) is 38.0. The number of rotatable bonds is 19.